The summed E-state index contributed by atoms with van der Waals surface area (Å²) in [6, 6.07) is 16.1. The highest BCUT2D eigenvalue weighted by atomic mass is 14.4. The van der Waals surface area contributed by atoms with Gasteiger partial charge in [0, 0.05) is 0 Å². The minimum absolute atomic E-state index is 0.251. The van der Waals surface area contributed by atoms with Crippen molar-refractivity contribution in [2.45, 2.75) is 72.1 Å². The summed E-state index contributed by atoms with van der Waals surface area (Å²) in [5.74, 6) is 0. The average Bonchev–Trinajstić information content (AvgIpc) is 2.54. The second-order valence-corrected chi connectivity index (χ2v) is 9.27. The number of allylic oxidation sites excluding steroid dienone is 1. The predicted molar refractivity (Wildman–Crippen MR) is 110 cm³/mol. The molecule has 0 aromatic heterocycles. The SMILES string of the molecule is CC(C)=C(c1ccc(C)cc1)c1ccc2c(c1)C(C)(C)CCC2(C)C. The Kier molecular flexibility index (Phi) is 4.43. The number of fused-ring (bicyclic) bond motifs is 1. The Balaban J connectivity index is 2.18. The van der Waals surface area contributed by atoms with Crippen LogP contribution in [0.2, 0.25) is 0 Å². The number of hydrogen-bond acceptors (Lipinski definition) is 0. The molecule has 0 spiro atoms. The summed E-state index contributed by atoms with van der Waals surface area (Å²) < 4.78 is 0. The average molecular weight is 333 g/mol. The van der Waals surface area contributed by atoms with Crippen LogP contribution < -0.4 is 0 Å². The van der Waals surface area contributed by atoms with Gasteiger partial charge in [-0.05, 0) is 72.3 Å². The van der Waals surface area contributed by atoms with Gasteiger partial charge in [0.1, 0.15) is 0 Å². The third kappa shape index (κ3) is 3.32. The van der Waals surface area contributed by atoms with Crippen LogP contribution in [0, 0.1) is 6.92 Å². The van der Waals surface area contributed by atoms with E-state index >= 15 is 0 Å². The van der Waals surface area contributed by atoms with Crippen molar-refractivity contribution in [2.75, 3.05) is 0 Å². The van der Waals surface area contributed by atoms with Crippen molar-refractivity contribution in [1.82, 2.24) is 0 Å². The van der Waals surface area contributed by atoms with Gasteiger partial charge >= 0.3 is 0 Å². The normalized spacial score (nSPS) is 17.7. The fourth-order valence-electron chi connectivity index (χ4n) is 4.21. The van der Waals surface area contributed by atoms with E-state index in [0.717, 1.165) is 0 Å². The minimum Gasteiger partial charge on any atom is -0.0680 e. The van der Waals surface area contributed by atoms with Gasteiger partial charge in [0.2, 0.25) is 0 Å². The quantitative estimate of drug-likeness (QED) is 0.546. The van der Waals surface area contributed by atoms with Gasteiger partial charge in [-0.3, -0.25) is 0 Å². The van der Waals surface area contributed by atoms with Crippen molar-refractivity contribution >= 4 is 5.57 Å². The molecular weight excluding hydrogens is 300 g/mol. The van der Waals surface area contributed by atoms with E-state index in [1.54, 1.807) is 0 Å². The van der Waals surface area contributed by atoms with Crippen LogP contribution in [0.3, 0.4) is 0 Å². The molecule has 1 aliphatic rings. The van der Waals surface area contributed by atoms with E-state index in [1.165, 1.54) is 51.8 Å². The Bertz CT molecular complexity index is 810. The molecule has 0 heteroatoms. The molecule has 25 heavy (non-hydrogen) atoms. The van der Waals surface area contributed by atoms with Crippen LogP contribution in [-0.2, 0) is 10.8 Å². The van der Waals surface area contributed by atoms with E-state index in [1.807, 2.05) is 0 Å². The first-order valence-corrected chi connectivity index (χ1v) is 9.52. The van der Waals surface area contributed by atoms with E-state index in [-0.39, 0.29) is 10.8 Å². The Labute approximate surface area is 154 Å². The maximum atomic E-state index is 2.47. The van der Waals surface area contributed by atoms with Gasteiger partial charge in [0.15, 0.2) is 0 Å². The van der Waals surface area contributed by atoms with Gasteiger partial charge in [0.05, 0.1) is 0 Å². The standard InChI is InChI=1S/C25H32/c1-17(2)23(19-10-8-18(3)9-11-19)20-12-13-21-22(16-20)25(6,7)15-14-24(21,4)5/h8-13,16H,14-15H2,1-7H3. The van der Waals surface area contributed by atoms with Crippen molar-refractivity contribution in [3.8, 4) is 0 Å². The highest BCUT2D eigenvalue weighted by molar-refractivity contribution is 5.82. The van der Waals surface area contributed by atoms with Gasteiger partial charge in [-0.15, -0.1) is 0 Å². The molecule has 0 bridgehead atoms. The molecule has 1 aliphatic carbocycles. The summed E-state index contributed by atoms with van der Waals surface area (Å²) >= 11 is 0. The molecule has 2 aromatic carbocycles. The lowest BCUT2D eigenvalue weighted by Gasteiger charge is -2.42. The van der Waals surface area contributed by atoms with Gasteiger partial charge in [-0.1, -0.05) is 81.3 Å². The molecule has 2 aromatic rings. The third-order valence-corrected chi connectivity index (χ3v) is 5.98. The lowest BCUT2D eigenvalue weighted by molar-refractivity contribution is 0.332. The fraction of sp³-hybridized carbons (Fsp3) is 0.440. The van der Waals surface area contributed by atoms with E-state index in [4.69, 9.17) is 0 Å². The molecule has 0 nitrogen and oxygen atoms in total. The Morgan fingerprint density at radius 1 is 0.720 bits per heavy atom. The maximum absolute atomic E-state index is 2.47. The highest BCUT2D eigenvalue weighted by Crippen LogP contribution is 2.46. The van der Waals surface area contributed by atoms with Crippen LogP contribution >= 0.6 is 0 Å². The van der Waals surface area contributed by atoms with E-state index < -0.39 is 0 Å². The molecule has 0 aliphatic heterocycles. The van der Waals surface area contributed by atoms with Gasteiger partial charge < -0.3 is 0 Å². The third-order valence-electron chi connectivity index (χ3n) is 5.98. The first-order chi connectivity index (χ1) is 11.6. The highest BCUT2D eigenvalue weighted by Gasteiger charge is 2.37. The summed E-state index contributed by atoms with van der Waals surface area (Å²) in [6.07, 6.45) is 2.52. The lowest BCUT2D eigenvalue weighted by Crippen LogP contribution is -2.33. The Morgan fingerprint density at radius 3 is 1.80 bits per heavy atom. The molecule has 132 valence electrons. The van der Waals surface area contributed by atoms with Gasteiger partial charge in [-0.25, -0.2) is 0 Å². The first-order valence-electron chi connectivity index (χ1n) is 9.52. The molecule has 0 heterocycles. The van der Waals surface area contributed by atoms with Crippen LogP contribution in [0.1, 0.15) is 82.2 Å². The van der Waals surface area contributed by atoms with Crippen LogP contribution in [0.15, 0.2) is 48.0 Å². The number of rotatable bonds is 2. The maximum Gasteiger partial charge on any atom is -0.0100 e. The minimum atomic E-state index is 0.251. The topological polar surface area (TPSA) is 0 Å². The van der Waals surface area contributed by atoms with Gasteiger partial charge in [0.25, 0.3) is 0 Å². The molecule has 3 rings (SSSR count). The number of hydrogen-bond donors (Lipinski definition) is 0. The second kappa shape index (κ2) is 6.16. The first kappa shape index (κ1) is 18.0. The summed E-state index contributed by atoms with van der Waals surface area (Å²) in [4.78, 5) is 0. The Hall–Kier alpha value is -1.82. The van der Waals surface area contributed by atoms with Crippen molar-refractivity contribution in [2.24, 2.45) is 0 Å². The molecular formula is C25H32. The molecule has 0 N–H and O–H groups in total. The molecule has 0 saturated carbocycles. The summed E-state index contributed by atoms with van der Waals surface area (Å²) in [7, 11) is 0. The molecule has 0 amide bonds. The van der Waals surface area contributed by atoms with Crippen LogP contribution in [0.4, 0.5) is 0 Å². The molecule has 0 radical (unpaired) electrons. The molecule has 0 fully saturated rings. The lowest BCUT2D eigenvalue weighted by atomic mass is 9.62. The number of aryl methyl sites for hydroxylation is 1. The smallest absolute Gasteiger partial charge is 0.0100 e. The van der Waals surface area contributed by atoms with Crippen LogP contribution in [0.25, 0.3) is 5.57 Å². The van der Waals surface area contributed by atoms with Gasteiger partial charge in [-0.2, -0.15) is 0 Å². The second-order valence-electron chi connectivity index (χ2n) is 9.27. The van der Waals surface area contributed by atoms with Crippen molar-refractivity contribution in [1.29, 1.82) is 0 Å². The zero-order chi connectivity index (χ0) is 18.4. The summed E-state index contributed by atoms with van der Waals surface area (Å²) in [6.45, 7) is 16.2. The molecule has 0 atom stereocenters. The van der Waals surface area contributed by atoms with E-state index in [0.29, 0.717) is 0 Å². The van der Waals surface area contributed by atoms with Crippen LogP contribution in [0.5, 0.6) is 0 Å². The molecule has 0 unspecified atom stereocenters. The van der Waals surface area contributed by atoms with Crippen molar-refractivity contribution < 1.29 is 0 Å². The largest absolute Gasteiger partial charge is 0.0680 e. The number of benzene rings is 2. The zero-order valence-electron chi connectivity index (χ0n) is 17.0. The molecule has 0 saturated heterocycles. The Morgan fingerprint density at radius 2 is 1.24 bits per heavy atom. The monoisotopic (exact) mass is 332 g/mol. The predicted octanol–water partition coefficient (Wildman–Crippen LogP) is 7.19. The summed E-state index contributed by atoms with van der Waals surface area (Å²) in [5, 5.41) is 0. The van der Waals surface area contributed by atoms with E-state index in [2.05, 4.69) is 90.9 Å². The fourth-order valence-corrected chi connectivity index (χ4v) is 4.21. The van der Waals surface area contributed by atoms with E-state index in [9.17, 15) is 0 Å². The zero-order valence-corrected chi connectivity index (χ0v) is 17.0. The van der Waals surface area contributed by atoms with Crippen molar-refractivity contribution in [3.63, 3.8) is 0 Å². The van der Waals surface area contributed by atoms with Crippen LogP contribution in [-0.4, -0.2) is 0 Å². The van der Waals surface area contributed by atoms with Crippen molar-refractivity contribution in [3.05, 3.63) is 75.9 Å². The summed E-state index contributed by atoms with van der Waals surface area (Å²) in [5.41, 5.74) is 10.3.